The fraction of sp³-hybridized carbons (Fsp3) is 0.167. The van der Waals surface area contributed by atoms with E-state index in [-0.39, 0.29) is 10.6 Å². The van der Waals surface area contributed by atoms with Crippen molar-refractivity contribution >= 4 is 39.3 Å². The monoisotopic (exact) mass is 394 g/mol. The second-order valence-corrected chi connectivity index (χ2v) is 8.05. The van der Waals surface area contributed by atoms with Crippen LogP contribution in [0, 0.1) is 0 Å². The molecule has 0 saturated carbocycles. The van der Waals surface area contributed by atoms with Gasteiger partial charge in [-0.3, -0.25) is 4.79 Å². The number of carbonyl (C=O) groups is 1. The number of rotatable bonds is 6. The van der Waals surface area contributed by atoms with E-state index in [9.17, 15) is 13.2 Å². The van der Waals surface area contributed by atoms with Crippen LogP contribution in [0.25, 0.3) is 6.08 Å². The lowest BCUT2D eigenvalue weighted by Gasteiger charge is -2.14. The predicted molar refractivity (Wildman–Crippen MR) is 103 cm³/mol. The maximum absolute atomic E-state index is 12.3. The van der Waals surface area contributed by atoms with Crippen molar-refractivity contribution < 1.29 is 17.9 Å². The SMILES string of the molecule is COc1ccc(S(=O)(=O)N(C)C)cc1NC(=O)/C=C/c1ccccc1Cl. The average molecular weight is 395 g/mol. The molecule has 138 valence electrons. The van der Waals surface area contributed by atoms with Crippen LogP contribution < -0.4 is 10.1 Å². The summed E-state index contributed by atoms with van der Waals surface area (Å²) in [7, 11) is 0.675. The number of nitrogens with one attached hydrogen (secondary N) is 1. The maximum atomic E-state index is 12.3. The van der Waals surface area contributed by atoms with E-state index >= 15 is 0 Å². The van der Waals surface area contributed by atoms with Gasteiger partial charge in [-0.25, -0.2) is 12.7 Å². The molecule has 6 nitrogen and oxygen atoms in total. The summed E-state index contributed by atoms with van der Waals surface area (Å²) in [5, 5.41) is 3.15. The van der Waals surface area contributed by atoms with Gasteiger partial charge in [0, 0.05) is 25.2 Å². The van der Waals surface area contributed by atoms with Gasteiger partial charge < -0.3 is 10.1 Å². The first kappa shape index (κ1) is 20.0. The second kappa shape index (κ2) is 8.35. The van der Waals surface area contributed by atoms with Crippen molar-refractivity contribution in [3.05, 3.63) is 59.1 Å². The Hall–Kier alpha value is -2.35. The summed E-state index contributed by atoms with van der Waals surface area (Å²) < 4.78 is 30.8. The van der Waals surface area contributed by atoms with Gasteiger partial charge in [0.2, 0.25) is 15.9 Å². The number of hydrogen-bond acceptors (Lipinski definition) is 4. The summed E-state index contributed by atoms with van der Waals surface area (Å²) in [4.78, 5) is 12.3. The molecule has 0 aliphatic rings. The third-order valence-corrected chi connectivity index (χ3v) is 5.68. The lowest BCUT2D eigenvalue weighted by molar-refractivity contribution is -0.111. The molecule has 1 amide bonds. The zero-order chi connectivity index (χ0) is 19.3. The lowest BCUT2D eigenvalue weighted by atomic mass is 10.2. The van der Waals surface area contributed by atoms with Crippen LogP contribution in [0.1, 0.15) is 5.56 Å². The van der Waals surface area contributed by atoms with Crippen molar-refractivity contribution in [3.63, 3.8) is 0 Å². The van der Waals surface area contributed by atoms with Gasteiger partial charge in [0.05, 0.1) is 17.7 Å². The number of methoxy groups -OCH3 is 1. The Bertz CT molecular complexity index is 940. The van der Waals surface area contributed by atoms with E-state index in [1.165, 1.54) is 45.5 Å². The molecule has 0 fully saturated rings. The van der Waals surface area contributed by atoms with Gasteiger partial charge in [0.25, 0.3) is 0 Å². The van der Waals surface area contributed by atoms with E-state index in [0.29, 0.717) is 16.3 Å². The summed E-state index contributed by atoms with van der Waals surface area (Å²) in [6.07, 6.45) is 2.89. The molecule has 0 aromatic heterocycles. The van der Waals surface area contributed by atoms with E-state index < -0.39 is 15.9 Å². The molecule has 2 aromatic carbocycles. The minimum absolute atomic E-state index is 0.0497. The fourth-order valence-electron chi connectivity index (χ4n) is 2.11. The van der Waals surface area contributed by atoms with E-state index in [1.54, 1.807) is 24.3 Å². The number of ether oxygens (including phenoxy) is 1. The number of amides is 1. The van der Waals surface area contributed by atoms with Crippen molar-refractivity contribution in [3.8, 4) is 5.75 Å². The topological polar surface area (TPSA) is 75.7 Å². The summed E-state index contributed by atoms with van der Waals surface area (Å²) >= 11 is 6.04. The third-order valence-electron chi connectivity index (χ3n) is 3.53. The number of carbonyl (C=O) groups excluding carboxylic acids is 1. The molecular formula is C18H19ClN2O4S. The molecule has 0 aliphatic heterocycles. The van der Waals surface area contributed by atoms with Crippen molar-refractivity contribution in [2.45, 2.75) is 4.90 Å². The first-order chi connectivity index (χ1) is 12.3. The van der Waals surface area contributed by atoms with Gasteiger partial charge in [0.1, 0.15) is 5.75 Å². The Kier molecular flexibility index (Phi) is 6.42. The number of benzene rings is 2. The largest absolute Gasteiger partial charge is 0.495 e. The van der Waals surface area contributed by atoms with Crippen LogP contribution in [0.15, 0.2) is 53.4 Å². The van der Waals surface area contributed by atoms with Crippen LogP contribution in [0.5, 0.6) is 5.75 Å². The van der Waals surface area contributed by atoms with Crippen LogP contribution in [0.4, 0.5) is 5.69 Å². The number of anilines is 1. The first-order valence-electron chi connectivity index (χ1n) is 7.60. The van der Waals surface area contributed by atoms with E-state index in [1.807, 2.05) is 6.07 Å². The molecule has 8 heteroatoms. The molecule has 0 atom stereocenters. The Morgan fingerprint density at radius 2 is 1.88 bits per heavy atom. The molecule has 2 aromatic rings. The molecule has 0 saturated heterocycles. The molecule has 0 spiro atoms. The second-order valence-electron chi connectivity index (χ2n) is 5.49. The summed E-state index contributed by atoms with van der Waals surface area (Å²) in [6, 6.07) is 11.4. The Morgan fingerprint density at radius 3 is 2.50 bits per heavy atom. The minimum atomic E-state index is -3.63. The van der Waals surface area contributed by atoms with Crippen molar-refractivity contribution in [1.29, 1.82) is 0 Å². The van der Waals surface area contributed by atoms with Gasteiger partial charge in [-0.1, -0.05) is 29.8 Å². The molecule has 0 heterocycles. The fourth-order valence-corrected chi connectivity index (χ4v) is 3.23. The summed E-state index contributed by atoms with van der Waals surface area (Å²) in [5.41, 5.74) is 0.949. The number of sulfonamides is 1. The van der Waals surface area contributed by atoms with Crippen LogP contribution in [-0.2, 0) is 14.8 Å². The predicted octanol–water partition coefficient (Wildman–Crippen LogP) is 3.25. The number of hydrogen-bond donors (Lipinski definition) is 1. The van der Waals surface area contributed by atoms with Crippen LogP contribution in [0.3, 0.4) is 0 Å². The molecule has 1 N–H and O–H groups in total. The standard InChI is InChI=1S/C18H19ClN2O4S/c1-21(2)26(23,24)14-9-10-17(25-3)16(12-14)20-18(22)11-8-13-6-4-5-7-15(13)19/h4-12H,1-3H3,(H,20,22)/b11-8+. The molecule has 0 radical (unpaired) electrons. The van der Waals surface area contributed by atoms with E-state index in [0.717, 1.165) is 4.31 Å². The smallest absolute Gasteiger partial charge is 0.248 e. The quantitative estimate of drug-likeness (QED) is 0.763. The van der Waals surface area contributed by atoms with Gasteiger partial charge in [-0.05, 0) is 35.9 Å². The average Bonchev–Trinajstić information content (AvgIpc) is 2.60. The summed E-state index contributed by atoms with van der Waals surface area (Å²) in [6.45, 7) is 0. The first-order valence-corrected chi connectivity index (χ1v) is 9.41. The number of nitrogens with zero attached hydrogens (tertiary/aromatic N) is 1. The van der Waals surface area contributed by atoms with Crippen molar-refractivity contribution in [2.75, 3.05) is 26.5 Å². The highest BCUT2D eigenvalue weighted by atomic mass is 35.5. The molecule has 0 unspecified atom stereocenters. The van der Waals surface area contributed by atoms with Gasteiger partial charge in [-0.2, -0.15) is 0 Å². The van der Waals surface area contributed by atoms with Crippen molar-refractivity contribution in [1.82, 2.24) is 4.31 Å². The highest BCUT2D eigenvalue weighted by molar-refractivity contribution is 7.89. The minimum Gasteiger partial charge on any atom is -0.495 e. The molecule has 0 aliphatic carbocycles. The Morgan fingerprint density at radius 1 is 1.19 bits per heavy atom. The Balaban J connectivity index is 2.27. The Labute approximate surface area is 158 Å². The van der Waals surface area contributed by atoms with Gasteiger partial charge in [0.15, 0.2) is 0 Å². The molecule has 26 heavy (non-hydrogen) atoms. The highest BCUT2D eigenvalue weighted by Crippen LogP contribution is 2.28. The van der Waals surface area contributed by atoms with Crippen LogP contribution in [-0.4, -0.2) is 39.8 Å². The zero-order valence-electron chi connectivity index (χ0n) is 14.6. The molecular weight excluding hydrogens is 376 g/mol. The maximum Gasteiger partial charge on any atom is 0.248 e. The molecule has 0 bridgehead atoms. The zero-order valence-corrected chi connectivity index (χ0v) is 16.1. The normalized spacial score (nSPS) is 11.7. The summed E-state index contributed by atoms with van der Waals surface area (Å²) in [5.74, 6) is -0.0928. The molecule has 2 rings (SSSR count). The van der Waals surface area contributed by atoms with E-state index in [2.05, 4.69) is 5.32 Å². The van der Waals surface area contributed by atoms with Gasteiger partial charge in [-0.15, -0.1) is 0 Å². The third kappa shape index (κ3) is 4.63. The van der Waals surface area contributed by atoms with Crippen LogP contribution >= 0.6 is 11.6 Å². The lowest BCUT2D eigenvalue weighted by Crippen LogP contribution is -2.22. The highest BCUT2D eigenvalue weighted by Gasteiger charge is 2.19. The van der Waals surface area contributed by atoms with Crippen molar-refractivity contribution in [2.24, 2.45) is 0 Å². The number of halogens is 1. The van der Waals surface area contributed by atoms with Crippen LogP contribution in [0.2, 0.25) is 5.02 Å². The van der Waals surface area contributed by atoms with E-state index in [4.69, 9.17) is 16.3 Å². The van der Waals surface area contributed by atoms with Gasteiger partial charge >= 0.3 is 0 Å².